The van der Waals surface area contributed by atoms with Crippen molar-refractivity contribution in [2.24, 2.45) is 11.8 Å². The zero-order valence-corrected chi connectivity index (χ0v) is 13.1. The van der Waals surface area contributed by atoms with E-state index in [0.717, 1.165) is 37.1 Å². The second kappa shape index (κ2) is 6.08. The smallest absolute Gasteiger partial charge is 0.251 e. The van der Waals surface area contributed by atoms with Gasteiger partial charge in [-0.3, -0.25) is 4.79 Å². The molecular formula is C18H26N2O. The third-order valence-corrected chi connectivity index (χ3v) is 5.36. The summed E-state index contributed by atoms with van der Waals surface area (Å²) in [5.74, 6) is 1.39. The summed E-state index contributed by atoms with van der Waals surface area (Å²) in [5.41, 5.74) is 3.20. The minimum Gasteiger partial charge on any atom is -0.385 e. The number of nitrogens with one attached hydrogen (secondary N) is 2. The van der Waals surface area contributed by atoms with Crippen LogP contribution in [-0.2, 0) is 6.42 Å². The van der Waals surface area contributed by atoms with E-state index in [4.69, 9.17) is 0 Å². The molecule has 3 heteroatoms. The van der Waals surface area contributed by atoms with Crippen LogP contribution in [0.4, 0.5) is 5.69 Å². The number of carbonyl (C=O) groups excluding carboxylic acids is 1. The molecule has 114 valence electrons. The average Bonchev–Trinajstić information content (AvgIpc) is 2.51. The average molecular weight is 286 g/mol. The molecule has 1 aliphatic heterocycles. The van der Waals surface area contributed by atoms with E-state index in [2.05, 4.69) is 30.5 Å². The van der Waals surface area contributed by atoms with Gasteiger partial charge >= 0.3 is 0 Å². The lowest BCUT2D eigenvalue weighted by atomic mass is 9.78. The van der Waals surface area contributed by atoms with E-state index in [9.17, 15) is 4.79 Å². The Balaban J connectivity index is 1.76. The molecule has 2 aliphatic rings. The second-order valence-corrected chi connectivity index (χ2v) is 6.71. The molecule has 3 nitrogen and oxygen atoms in total. The molecule has 1 fully saturated rings. The molecule has 0 radical (unpaired) electrons. The van der Waals surface area contributed by atoms with Crippen molar-refractivity contribution in [3.05, 3.63) is 29.3 Å². The maximum Gasteiger partial charge on any atom is 0.251 e. The lowest BCUT2D eigenvalue weighted by molar-refractivity contribution is 0.0890. The number of anilines is 1. The highest BCUT2D eigenvalue weighted by Gasteiger charge is 2.29. The monoisotopic (exact) mass is 286 g/mol. The number of hydrogen-bond acceptors (Lipinski definition) is 2. The van der Waals surface area contributed by atoms with Crippen LogP contribution in [0.5, 0.6) is 0 Å². The second-order valence-electron chi connectivity index (χ2n) is 6.71. The number of hydrogen-bond donors (Lipinski definition) is 2. The molecule has 0 saturated heterocycles. The van der Waals surface area contributed by atoms with Crippen LogP contribution < -0.4 is 10.6 Å². The van der Waals surface area contributed by atoms with Crippen molar-refractivity contribution < 1.29 is 4.79 Å². The van der Waals surface area contributed by atoms with Crippen molar-refractivity contribution in [1.29, 1.82) is 0 Å². The minimum absolute atomic E-state index is 0.112. The first-order valence-corrected chi connectivity index (χ1v) is 8.33. The van der Waals surface area contributed by atoms with Gasteiger partial charge in [-0.15, -0.1) is 0 Å². The van der Waals surface area contributed by atoms with Gasteiger partial charge in [0.1, 0.15) is 0 Å². The maximum atomic E-state index is 12.7. The van der Waals surface area contributed by atoms with Gasteiger partial charge in [-0.05, 0) is 48.8 Å². The van der Waals surface area contributed by atoms with Crippen molar-refractivity contribution in [3.63, 3.8) is 0 Å². The highest BCUT2D eigenvalue weighted by Crippen LogP contribution is 2.30. The molecule has 21 heavy (non-hydrogen) atoms. The minimum atomic E-state index is 0.112. The summed E-state index contributed by atoms with van der Waals surface area (Å²) in [7, 11) is 0. The predicted molar refractivity (Wildman–Crippen MR) is 86.7 cm³/mol. The topological polar surface area (TPSA) is 41.1 Å². The van der Waals surface area contributed by atoms with Crippen molar-refractivity contribution in [2.45, 2.75) is 52.0 Å². The molecule has 1 amide bonds. The van der Waals surface area contributed by atoms with Crippen LogP contribution in [0.3, 0.4) is 0 Å². The molecule has 3 unspecified atom stereocenters. The fourth-order valence-corrected chi connectivity index (χ4v) is 3.75. The Hall–Kier alpha value is -1.51. The largest absolute Gasteiger partial charge is 0.385 e. The fraction of sp³-hybridized carbons (Fsp3) is 0.611. The molecule has 1 aliphatic carbocycles. The quantitative estimate of drug-likeness (QED) is 0.872. The summed E-state index contributed by atoms with van der Waals surface area (Å²) in [4.78, 5) is 12.7. The lowest BCUT2D eigenvalue weighted by Crippen LogP contribution is -2.44. The van der Waals surface area contributed by atoms with Crippen molar-refractivity contribution in [2.75, 3.05) is 11.9 Å². The van der Waals surface area contributed by atoms with Crippen molar-refractivity contribution >= 4 is 11.6 Å². The van der Waals surface area contributed by atoms with Crippen LogP contribution in [0, 0.1) is 11.8 Å². The molecule has 1 heterocycles. The van der Waals surface area contributed by atoms with Crippen LogP contribution >= 0.6 is 0 Å². The Morgan fingerprint density at radius 1 is 1.24 bits per heavy atom. The summed E-state index contributed by atoms with van der Waals surface area (Å²) in [6, 6.07) is 6.36. The van der Waals surface area contributed by atoms with E-state index >= 15 is 0 Å². The predicted octanol–water partition coefficient (Wildman–Crippen LogP) is 3.60. The maximum absolute atomic E-state index is 12.7. The molecule has 1 aromatic rings. The van der Waals surface area contributed by atoms with E-state index < -0.39 is 0 Å². The zero-order chi connectivity index (χ0) is 14.8. The first kappa shape index (κ1) is 14.4. The van der Waals surface area contributed by atoms with Gasteiger partial charge < -0.3 is 10.6 Å². The Labute approximate surface area is 127 Å². The molecule has 1 saturated carbocycles. The highest BCUT2D eigenvalue weighted by molar-refractivity contribution is 5.97. The van der Waals surface area contributed by atoms with Gasteiger partial charge in [0.05, 0.1) is 0 Å². The zero-order valence-electron chi connectivity index (χ0n) is 13.1. The molecule has 1 aromatic carbocycles. The van der Waals surface area contributed by atoms with Crippen LogP contribution in [0.1, 0.15) is 55.5 Å². The standard InChI is InChI=1S/C18H26N2O/c1-12-6-3-9-16(13(12)2)20-18(21)15-7-4-10-17-14(15)8-5-11-19-17/h4,7,10,12-13,16,19H,3,5-6,8-9,11H2,1-2H3,(H,20,21). The van der Waals surface area contributed by atoms with Crippen LogP contribution in [0.2, 0.25) is 0 Å². The van der Waals surface area contributed by atoms with Crippen LogP contribution in [0.15, 0.2) is 18.2 Å². The number of fused-ring (bicyclic) bond motifs is 1. The lowest BCUT2D eigenvalue weighted by Gasteiger charge is -2.35. The Bertz CT molecular complexity index is 526. The molecular weight excluding hydrogens is 260 g/mol. The highest BCUT2D eigenvalue weighted by atomic mass is 16.1. The fourth-order valence-electron chi connectivity index (χ4n) is 3.75. The molecule has 2 N–H and O–H groups in total. The summed E-state index contributed by atoms with van der Waals surface area (Å²) >= 11 is 0. The van der Waals surface area contributed by atoms with Gasteiger partial charge in [0.25, 0.3) is 5.91 Å². The van der Waals surface area contributed by atoms with Gasteiger partial charge in [0.15, 0.2) is 0 Å². The van der Waals surface area contributed by atoms with E-state index in [0.29, 0.717) is 17.9 Å². The normalized spacial score (nSPS) is 28.4. The first-order valence-electron chi connectivity index (χ1n) is 8.33. The Morgan fingerprint density at radius 2 is 2.10 bits per heavy atom. The summed E-state index contributed by atoms with van der Waals surface area (Å²) in [6.45, 7) is 5.59. The van der Waals surface area contributed by atoms with Gasteiger partial charge in [0, 0.05) is 23.8 Å². The van der Waals surface area contributed by atoms with Crippen molar-refractivity contribution in [3.8, 4) is 0 Å². The van der Waals surface area contributed by atoms with Crippen LogP contribution in [0.25, 0.3) is 0 Å². The number of rotatable bonds is 2. The Kier molecular flexibility index (Phi) is 4.18. The summed E-state index contributed by atoms with van der Waals surface area (Å²) < 4.78 is 0. The first-order chi connectivity index (χ1) is 10.2. The SMILES string of the molecule is CC1CCCC(NC(=O)c2cccc3c2CCCN3)C1C. The van der Waals surface area contributed by atoms with Crippen molar-refractivity contribution in [1.82, 2.24) is 5.32 Å². The third kappa shape index (κ3) is 2.92. The third-order valence-electron chi connectivity index (χ3n) is 5.36. The van der Waals surface area contributed by atoms with E-state index in [1.54, 1.807) is 0 Å². The molecule has 0 spiro atoms. The Morgan fingerprint density at radius 3 is 2.95 bits per heavy atom. The van der Waals surface area contributed by atoms with Gasteiger partial charge in [0.2, 0.25) is 0 Å². The molecule has 3 atom stereocenters. The number of carbonyl (C=O) groups is 1. The van der Waals surface area contributed by atoms with Gasteiger partial charge in [-0.2, -0.15) is 0 Å². The molecule has 0 bridgehead atoms. The summed E-state index contributed by atoms with van der Waals surface area (Å²) in [6.07, 6.45) is 5.74. The van der Waals surface area contributed by atoms with Gasteiger partial charge in [-0.1, -0.05) is 32.8 Å². The van der Waals surface area contributed by atoms with E-state index in [1.807, 2.05) is 12.1 Å². The van der Waals surface area contributed by atoms with E-state index in [1.165, 1.54) is 18.4 Å². The molecule has 0 aromatic heterocycles. The molecule has 3 rings (SSSR count). The number of benzene rings is 1. The van der Waals surface area contributed by atoms with Gasteiger partial charge in [-0.25, -0.2) is 0 Å². The summed E-state index contributed by atoms with van der Waals surface area (Å²) in [5, 5.41) is 6.70. The van der Waals surface area contributed by atoms with E-state index in [-0.39, 0.29) is 5.91 Å². The number of amides is 1. The van der Waals surface area contributed by atoms with Crippen LogP contribution in [-0.4, -0.2) is 18.5 Å².